The first-order chi connectivity index (χ1) is 4.47. The Hall–Kier alpha value is -0.890. The van der Waals surface area contributed by atoms with Crippen molar-refractivity contribution < 1.29 is 0 Å². The number of aromatic nitrogens is 1. The molecule has 0 atom stereocenters. The Morgan fingerprint density at radius 2 is 2.00 bits per heavy atom. The molecule has 0 fully saturated rings. The Morgan fingerprint density at radius 1 is 1.20 bits per heavy atom. The summed E-state index contributed by atoms with van der Waals surface area (Å²) < 4.78 is 5.30. The number of hydrogen-bond acceptors (Lipinski definition) is 2. The van der Waals surface area contributed by atoms with Crippen LogP contribution in [0.3, 0.4) is 0 Å². The predicted molar refractivity (Wildman–Crippen MR) is 46.4 cm³/mol. The summed E-state index contributed by atoms with van der Waals surface area (Å²) in [6, 6.07) is 8.20. The summed E-state index contributed by atoms with van der Waals surface area (Å²) in [4.78, 5) is 0. The zero-order chi connectivity index (χ0) is 6.10. The fourth-order valence-corrected chi connectivity index (χ4v) is 1.46. The van der Waals surface area contributed by atoms with Crippen LogP contribution in [0.5, 0.6) is 0 Å². The van der Waals surface area contributed by atoms with Gasteiger partial charge in [-0.15, -0.1) is 0 Å². The maximum Gasteiger partial charge on any atom is 0.0549 e. The van der Waals surface area contributed by atoms with Crippen molar-refractivity contribution in [2.75, 3.05) is 0 Å². The largest absolute Gasteiger partial charge is 0.200 e. The van der Waals surface area contributed by atoms with E-state index < -0.39 is 0 Å². The lowest BCUT2D eigenvalue weighted by atomic mass is 10.3. The summed E-state index contributed by atoms with van der Waals surface area (Å²) in [5.74, 6) is 0. The maximum absolute atomic E-state index is 4.04. The van der Waals surface area contributed by atoms with Crippen molar-refractivity contribution in [1.29, 1.82) is 0 Å². The van der Waals surface area contributed by atoms with Crippen molar-refractivity contribution in [3.8, 4) is 0 Å². The third-order valence-corrected chi connectivity index (χ3v) is 2.04. The van der Waals surface area contributed by atoms with E-state index >= 15 is 0 Å². The van der Waals surface area contributed by atoms with Gasteiger partial charge in [-0.2, -0.15) is 4.37 Å². The van der Waals surface area contributed by atoms with Crippen LogP contribution in [0.4, 0.5) is 0 Å². The molecule has 0 saturated carbocycles. The van der Waals surface area contributed by atoms with Crippen LogP contribution < -0.4 is 0 Å². The van der Waals surface area contributed by atoms with Gasteiger partial charge in [0.15, 0.2) is 0 Å². The SMILES string of the molecule is C.c1ccc2sncc2c1. The normalized spacial score (nSPS) is 9.20. The highest BCUT2D eigenvalue weighted by Crippen LogP contribution is 2.15. The van der Waals surface area contributed by atoms with E-state index in [1.165, 1.54) is 21.6 Å². The lowest BCUT2D eigenvalue weighted by Gasteiger charge is -1.80. The summed E-state index contributed by atoms with van der Waals surface area (Å²) >= 11 is 1.54. The molecular formula is C8H9NS. The molecule has 1 aromatic heterocycles. The second kappa shape index (κ2) is 2.80. The van der Waals surface area contributed by atoms with Gasteiger partial charge in [0, 0.05) is 11.6 Å². The van der Waals surface area contributed by atoms with Crippen LogP contribution >= 0.6 is 11.5 Å². The average Bonchev–Trinajstić information content (AvgIpc) is 2.33. The molecule has 0 aliphatic rings. The number of fused-ring (bicyclic) bond motifs is 1. The van der Waals surface area contributed by atoms with Crippen molar-refractivity contribution in [1.82, 2.24) is 4.37 Å². The van der Waals surface area contributed by atoms with Crippen LogP contribution in [0.25, 0.3) is 10.1 Å². The zero-order valence-corrected chi connectivity index (χ0v) is 5.56. The standard InChI is InChI=1S/C7H5NS.CH4/c1-2-4-7-6(3-1)5-8-9-7;/h1-5H;1H4. The summed E-state index contributed by atoms with van der Waals surface area (Å²) in [5.41, 5.74) is 0. The summed E-state index contributed by atoms with van der Waals surface area (Å²) in [6.07, 6.45) is 1.89. The van der Waals surface area contributed by atoms with Gasteiger partial charge in [0.05, 0.1) is 4.70 Å². The van der Waals surface area contributed by atoms with Gasteiger partial charge in [0.25, 0.3) is 0 Å². The Bertz CT molecular complexity index is 283. The second-order valence-electron chi connectivity index (χ2n) is 1.86. The summed E-state index contributed by atoms with van der Waals surface area (Å²) in [7, 11) is 0. The van der Waals surface area contributed by atoms with Crippen LogP contribution in [-0.4, -0.2) is 4.37 Å². The quantitative estimate of drug-likeness (QED) is 0.564. The van der Waals surface area contributed by atoms with Gasteiger partial charge in [-0.3, -0.25) is 0 Å². The first kappa shape index (κ1) is 7.22. The molecule has 0 aliphatic carbocycles. The fourth-order valence-electron chi connectivity index (χ4n) is 0.810. The Kier molecular flexibility index (Phi) is 2.02. The molecule has 10 heavy (non-hydrogen) atoms. The van der Waals surface area contributed by atoms with Crippen molar-refractivity contribution in [2.45, 2.75) is 7.43 Å². The molecule has 0 amide bonds. The molecular weight excluding hydrogens is 142 g/mol. The van der Waals surface area contributed by atoms with Gasteiger partial charge >= 0.3 is 0 Å². The first-order valence-electron chi connectivity index (χ1n) is 2.76. The van der Waals surface area contributed by atoms with Gasteiger partial charge in [0.2, 0.25) is 0 Å². The van der Waals surface area contributed by atoms with Crippen molar-refractivity contribution in [3.05, 3.63) is 30.5 Å². The van der Waals surface area contributed by atoms with E-state index in [2.05, 4.69) is 16.5 Å². The molecule has 0 bridgehead atoms. The number of nitrogens with zero attached hydrogens (tertiary/aromatic N) is 1. The number of hydrogen-bond donors (Lipinski definition) is 0. The zero-order valence-electron chi connectivity index (χ0n) is 4.74. The minimum absolute atomic E-state index is 0. The Labute approximate surface area is 64.5 Å². The lowest BCUT2D eigenvalue weighted by molar-refractivity contribution is 1.61. The molecule has 0 spiro atoms. The smallest absolute Gasteiger partial charge is 0.0549 e. The molecule has 0 aliphatic heterocycles. The highest BCUT2D eigenvalue weighted by Gasteiger charge is 1.89. The molecule has 1 nitrogen and oxygen atoms in total. The number of benzene rings is 1. The molecule has 0 N–H and O–H groups in total. The van der Waals surface area contributed by atoms with E-state index in [9.17, 15) is 0 Å². The first-order valence-corrected chi connectivity index (χ1v) is 3.53. The van der Waals surface area contributed by atoms with Crippen molar-refractivity contribution in [3.63, 3.8) is 0 Å². The van der Waals surface area contributed by atoms with Gasteiger partial charge in [-0.1, -0.05) is 25.6 Å². The average molecular weight is 151 g/mol. The Balaban J connectivity index is 0.000000500. The molecule has 0 unspecified atom stereocenters. The van der Waals surface area contributed by atoms with E-state index in [-0.39, 0.29) is 7.43 Å². The van der Waals surface area contributed by atoms with Crippen LogP contribution in [0.15, 0.2) is 30.5 Å². The molecule has 2 aromatic rings. The van der Waals surface area contributed by atoms with E-state index in [1.807, 2.05) is 18.3 Å². The molecule has 52 valence electrons. The molecule has 2 heteroatoms. The topological polar surface area (TPSA) is 12.9 Å². The lowest BCUT2D eigenvalue weighted by Crippen LogP contribution is -1.56. The summed E-state index contributed by atoms with van der Waals surface area (Å²) in [5, 5.41) is 1.24. The molecule has 1 heterocycles. The van der Waals surface area contributed by atoms with Crippen LogP contribution in [0, 0.1) is 0 Å². The van der Waals surface area contributed by atoms with Crippen LogP contribution in [0.2, 0.25) is 0 Å². The van der Waals surface area contributed by atoms with Crippen molar-refractivity contribution in [2.24, 2.45) is 0 Å². The minimum atomic E-state index is 0. The third-order valence-electron chi connectivity index (χ3n) is 1.26. The van der Waals surface area contributed by atoms with E-state index in [0.717, 1.165) is 0 Å². The minimum Gasteiger partial charge on any atom is -0.200 e. The van der Waals surface area contributed by atoms with Crippen molar-refractivity contribution >= 4 is 21.6 Å². The maximum atomic E-state index is 4.04. The fraction of sp³-hybridized carbons (Fsp3) is 0.125. The van der Waals surface area contributed by atoms with Gasteiger partial charge < -0.3 is 0 Å². The highest BCUT2D eigenvalue weighted by molar-refractivity contribution is 7.13. The molecule has 0 radical (unpaired) electrons. The number of rotatable bonds is 0. The van der Waals surface area contributed by atoms with Crippen LogP contribution in [-0.2, 0) is 0 Å². The predicted octanol–water partition coefficient (Wildman–Crippen LogP) is 2.93. The Morgan fingerprint density at radius 3 is 2.80 bits per heavy atom. The van der Waals surface area contributed by atoms with E-state index in [4.69, 9.17) is 0 Å². The van der Waals surface area contributed by atoms with Gasteiger partial charge in [0.1, 0.15) is 0 Å². The molecule has 0 saturated heterocycles. The van der Waals surface area contributed by atoms with Crippen LogP contribution in [0.1, 0.15) is 7.43 Å². The molecule has 2 rings (SSSR count). The third kappa shape index (κ3) is 1.02. The monoisotopic (exact) mass is 151 g/mol. The summed E-state index contributed by atoms with van der Waals surface area (Å²) in [6.45, 7) is 0. The van der Waals surface area contributed by atoms with E-state index in [0.29, 0.717) is 0 Å². The van der Waals surface area contributed by atoms with Gasteiger partial charge in [-0.05, 0) is 17.6 Å². The van der Waals surface area contributed by atoms with Gasteiger partial charge in [-0.25, -0.2) is 0 Å². The molecule has 1 aromatic carbocycles. The van der Waals surface area contributed by atoms with E-state index in [1.54, 1.807) is 0 Å². The highest BCUT2D eigenvalue weighted by atomic mass is 32.1. The second-order valence-corrected chi connectivity index (χ2v) is 2.70.